The molecular weight excluding hydrogens is 424 g/mol. The second kappa shape index (κ2) is 8.72. The van der Waals surface area contributed by atoms with Crippen molar-refractivity contribution in [2.45, 2.75) is 38.7 Å². The maximum Gasteiger partial charge on any atom is 0.408 e. The Kier molecular flexibility index (Phi) is 6.42. The molecule has 1 aromatic heterocycles. The van der Waals surface area contributed by atoms with Crippen molar-refractivity contribution in [1.82, 2.24) is 9.88 Å². The van der Waals surface area contributed by atoms with Crippen LogP contribution >= 0.6 is 0 Å². The van der Waals surface area contributed by atoms with Crippen LogP contribution in [0.4, 0.5) is 19.3 Å². The molecule has 31 heavy (non-hydrogen) atoms. The lowest BCUT2D eigenvalue weighted by molar-refractivity contribution is -0.121. The molecular formula is C21H25F2N3O4Si. The van der Waals surface area contributed by atoms with Gasteiger partial charge in [0.05, 0.1) is 20.4 Å². The average Bonchev–Trinajstić information content (AvgIpc) is 2.65. The van der Waals surface area contributed by atoms with Crippen molar-refractivity contribution in [2.75, 3.05) is 19.0 Å². The largest absolute Gasteiger partial charge is 0.465 e. The number of anilines is 1. The number of nitrogens with one attached hydrogen (secondary N) is 1. The van der Waals surface area contributed by atoms with Crippen molar-refractivity contribution < 1.29 is 28.2 Å². The van der Waals surface area contributed by atoms with Gasteiger partial charge in [-0.05, 0) is 18.2 Å². The van der Waals surface area contributed by atoms with Crippen molar-refractivity contribution in [1.29, 1.82) is 0 Å². The summed E-state index contributed by atoms with van der Waals surface area (Å²) in [5.41, 5.74) is 1.63. The van der Waals surface area contributed by atoms with Crippen LogP contribution in [0.15, 0.2) is 24.3 Å². The number of fused-ring (bicyclic) bond motifs is 1. The van der Waals surface area contributed by atoms with Gasteiger partial charge in [0.15, 0.2) is 0 Å². The van der Waals surface area contributed by atoms with E-state index in [-0.39, 0.29) is 24.0 Å². The van der Waals surface area contributed by atoms with Crippen LogP contribution in [0, 0.1) is 11.6 Å². The fourth-order valence-corrected chi connectivity index (χ4v) is 5.40. The van der Waals surface area contributed by atoms with E-state index in [1.54, 1.807) is 12.1 Å². The molecule has 0 saturated carbocycles. The number of pyridine rings is 1. The predicted molar refractivity (Wildman–Crippen MR) is 114 cm³/mol. The highest BCUT2D eigenvalue weighted by atomic mass is 28.3. The fourth-order valence-electron chi connectivity index (χ4n) is 3.82. The van der Waals surface area contributed by atoms with Crippen LogP contribution in [0.2, 0.25) is 19.6 Å². The van der Waals surface area contributed by atoms with E-state index in [4.69, 9.17) is 4.74 Å². The van der Waals surface area contributed by atoms with Crippen molar-refractivity contribution in [3.63, 3.8) is 0 Å². The molecule has 10 heteroatoms. The molecule has 1 aromatic carbocycles. The monoisotopic (exact) mass is 449 g/mol. The number of carbonyl (C=O) groups is 2. The Morgan fingerprint density at radius 1 is 1.26 bits per heavy atom. The number of carbonyl (C=O) groups excluding carboxylic acids is 1. The summed E-state index contributed by atoms with van der Waals surface area (Å²) < 4.78 is 34.2. The minimum absolute atomic E-state index is 0.0514. The molecule has 0 unspecified atom stereocenters. The smallest absolute Gasteiger partial charge is 0.408 e. The zero-order chi connectivity index (χ0) is 22.9. The van der Waals surface area contributed by atoms with Gasteiger partial charge in [-0.25, -0.2) is 13.6 Å². The highest BCUT2D eigenvalue weighted by Crippen LogP contribution is 2.31. The summed E-state index contributed by atoms with van der Waals surface area (Å²) in [6.45, 7) is 5.82. The van der Waals surface area contributed by atoms with E-state index in [1.165, 1.54) is 7.11 Å². The molecule has 1 atom stereocenters. The van der Waals surface area contributed by atoms with Gasteiger partial charge < -0.3 is 15.2 Å². The molecule has 2 N–H and O–H groups in total. The second-order valence-electron chi connectivity index (χ2n) is 8.45. The lowest BCUT2D eigenvalue weighted by Gasteiger charge is -2.34. The van der Waals surface area contributed by atoms with Crippen molar-refractivity contribution in [3.8, 4) is 0 Å². The molecule has 3 rings (SSSR count). The lowest BCUT2D eigenvalue weighted by atomic mass is 9.96. The van der Waals surface area contributed by atoms with E-state index in [0.717, 1.165) is 17.0 Å². The van der Waals surface area contributed by atoms with Crippen LogP contribution in [0.3, 0.4) is 0 Å². The number of benzene rings is 1. The summed E-state index contributed by atoms with van der Waals surface area (Å²) in [5.74, 6) is -2.15. The van der Waals surface area contributed by atoms with Crippen LogP contribution in [0.5, 0.6) is 0 Å². The van der Waals surface area contributed by atoms with Gasteiger partial charge in [0.2, 0.25) is 0 Å². The highest BCUT2D eigenvalue weighted by Gasteiger charge is 2.37. The number of rotatable bonds is 5. The van der Waals surface area contributed by atoms with Gasteiger partial charge in [-0.2, -0.15) is 0 Å². The summed E-state index contributed by atoms with van der Waals surface area (Å²) in [6.07, 6.45) is -0.921. The predicted octanol–water partition coefficient (Wildman–Crippen LogP) is 3.27. The first-order chi connectivity index (χ1) is 14.5. The molecule has 0 radical (unpaired) electrons. The number of hydrogen-bond donors (Lipinski definition) is 2. The first-order valence-corrected chi connectivity index (χ1v) is 13.3. The first-order valence-electron chi connectivity index (χ1n) is 9.80. The third-order valence-corrected chi connectivity index (χ3v) is 7.09. The van der Waals surface area contributed by atoms with Crippen LogP contribution < -0.4 is 10.5 Å². The zero-order valence-electron chi connectivity index (χ0n) is 17.8. The van der Waals surface area contributed by atoms with Gasteiger partial charge in [0.1, 0.15) is 17.7 Å². The first kappa shape index (κ1) is 22.8. The Bertz CT molecular complexity index is 1000. The highest BCUT2D eigenvalue weighted by molar-refractivity contribution is 6.88. The number of carboxylic acid groups (broad SMARTS) is 1. The quantitative estimate of drug-likeness (QED) is 0.684. The average molecular weight is 450 g/mol. The summed E-state index contributed by atoms with van der Waals surface area (Å²) in [4.78, 5) is 30.3. The van der Waals surface area contributed by atoms with Crippen LogP contribution in [-0.4, -0.2) is 48.7 Å². The van der Waals surface area contributed by atoms with Crippen LogP contribution in [0.25, 0.3) is 0 Å². The minimum Gasteiger partial charge on any atom is -0.465 e. The van der Waals surface area contributed by atoms with E-state index in [1.807, 2.05) is 19.6 Å². The summed E-state index contributed by atoms with van der Waals surface area (Å²) in [6, 6.07) is 4.27. The Morgan fingerprint density at radius 3 is 2.45 bits per heavy atom. The van der Waals surface area contributed by atoms with Gasteiger partial charge in [-0.15, -0.1) is 0 Å². The topological polar surface area (TPSA) is 91.8 Å². The third-order valence-electron chi connectivity index (χ3n) is 5.11. The third kappa shape index (κ3) is 4.75. The second-order valence-corrected chi connectivity index (χ2v) is 13.5. The van der Waals surface area contributed by atoms with Crippen LogP contribution in [0.1, 0.15) is 23.0 Å². The zero-order valence-corrected chi connectivity index (χ0v) is 18.8. The normalized spacial score (nSPS) is 16.1. The number of aromatic nitrogens is 1. The molecule has 1 aliphatic rings. The number of hydrogen-bond acceptors (Lipinski definition) is 4. The molecule has 0 aliphatic carbocycles. The van der Waals surface area contributed by atoms with Crippen molar-refractivity contribution >= 4 is 30.9 Å². The summed E-state index contributed by atoms with van der Waals surface area (Å²) in [7, 11) is -0.733. The number of methoxy groups -OCH3 is 1. The standard InChI is InChI=1S/C21H25F2N3O4Si/c1-30-11-12-5-6-14-17(24-12)7-8-26(21(28)29)18(14)20(27)25-13-9-15(22)19(16(23)10-13)31(2,3)4/h5-6,9-10,18H,7-8,11H2,1-4H3,(H,25,27)(H,28,29)/t18-/m0/s1. The Labute approximate surface area is 180 Å². The number of halogens is 2. The molecule has 7 nitrogen and oxygen atoms in total. The Hall–Kier alpha value is -2.85. The molecule has 2 aromatic rings. The molecule has 1 aliphatic heterocycles. The van der Waals surface area contributed by atoms with E-state index >= 15 is 0 Å². The van der Waals surface area contributed by atoms with Gasteiger partial charge in [0, 0.05) is 42.2 Å². The van der Waals surface area contributed by atoms with E-state index in [0.29, 0.717) is 23.4 Å². The molecule has 0 spiro atoms. The molecule has 2 heterocycles. The number of nitrogens with zero attached hydrogens (tertiary/aromatic N) is 2. The van der Waals surface area contributed by atoms with Gasteiger partial charge in [0.25, 0.3) is 5.91 Å². The number of ether oxygens (including phenoxy) is 1. The SMILES string of the molecule is COCc1ccc2c(n1)CCN(C(=O)O)[C@@H]2C(=O)Nc1cc(F)c([Si](C)(C)C)c(F)c1. The lowest BCUT2D eigenvalue weighted by Crippen LogP contribution is -2.45. The number of amides is 2. The molecule has 0 saturated heterocycles. The van der Waals surface area contributed by atoms with E-state index in [9.17, 15) is 23.5 Å². The Balaban J connectivity index is 1.95. The van der Waals surface area contributed by atoms with Gasteiger partial charge in [-0.1, -0.05) is 25.7 Å². The fraction of sp³-hybridized carbons (Fsp3) is 0.381. The molecule has 0 bridgehead atoms. The van der Waals surface area contributed by atoms with Crippen molar-refractivity contribution in [2.24, 2.45) is 0 Å². The van der Waals surface area contributed by atoms with E-state index in [2.05, 4.69) is 10.3 Å². The van der Waals surface area contributed by atoms with Gasteiger partial charge >= 0.3 is 6.09 Å². The molecule has 2 amide bonds. The van der Waals surface area contributed by atoms with Gasteiger partial charge in [-0.3, -0.25) is 14.7 Å². The maximum absolute atomic E-state index is 14.6. The molecule has 0 fully saturated rings. The Morgan fingerprint density at radius 2 is 1.90 bits per heavy atom. The summed E-state index contributed by atoms with van der Waals surface area (Å²) in [5, 5.41) is 12.1. The van der Waals surface area contributed by atoms with Crippen molar-refractivity contribution in [3.05, 3.63) is 52.9 Å². The minimum atomic E-state index is -2.27. The molecule has 166 valence electrons. The van der Waals surface area contributed by atoms with Crippen LogP contribution in [-0.2, 0) is 22.6 Å². The van der Waals surface area contributed by atoms with E-state index < -0.39 is 37.8 Å². The summed E-state index contributed by atoms with van der Waals surface area (Å²) >= 11 is 0. The maximum atomic E-state index is 14.6.